The first kappa shape index (κ1) is 34.7. The number of hydrogen-bond donors (Lipinski definition) is 0. The zero-order valence-corrected chi connectivity index (χ0v) is 27.9. The van der Waals surface area contributed by atoms with Gasteiger partial charge in [0.25, 0.3) is 0 Å². The molecule has 0 aliphatic carbocycles. The van der Waals surface area contributed by atoms with Gasteiger partial charge in [-0.2, -0.15) is 35.0 Å². The Morgan fingerprint density at radius 3 is 1.12 bits per heavy atom. The van der Waals surface area contributed by atoms with Crippen molar-refractivity contribution in [3.63, 3.8) is 0 Å². The van der Waals surface area contributed by atoms with E-state index in [1.54, 1.807) is 0 Å². The average molecular weight is 624 g/mol. The van der Waals surface area contributed by atoms with Crippen LogP contribution in [0.3, 0.4) is 0 Å². The van der Waals surface area contributed by atoms with Crippen molar-refractivity contribution < 1.29 is 35.8 Å². The molecule has 3 radical (unpaired) electrons. The van der Waals surface area contributed by atoms with E-state index in [1.165, 1.54) is 21.5 Å². The van der Waals surface area contributed by atoms with E-state index in [2.05, 4.69) is 84.9 Å². The first-order valence-electron chi connectivity index (χ1n) is 10.6. The third-order valence-corrected chi connectivity index (χ3v) is 7.18. The van der Waals surface area contributed by atoms with Crippen molar-refractivity contribution >= 4 is 68.5 Å². The third kappa shape index (κ3) is 13.4. The van der Waals surface area contributed by atoms with Gasteiger partial charge in [-0.15, -0.1) is 59.3 Å². The van der Waals surface area contributed by atoms with Gasteiger partial charge in [-0.05, 0) is 0 Å². The fourth-order valence-corrected chi connectivity index (χ4v) is 2.14. The van der Waals surface area contributed by atoms with Crippen LogP contribution in [0.1, 0.15) is 0 Å². The average Bonchev–Trinajstić information content (AvgIpc) is 3.37. The molecule has 4 aromatic rings. The zero-order chi connectivity index (χ0) is 24.4. The van der Waals surface area contributed by atoms with Crippen LogP contribution in [0.25, 0.3) is 33.0 Å². The predicted octanol–water partition coefficient (Wildman–Crippen LogP) is 8.89. The standard InChI is InChI=1S/2C9H7.2C4H11NOSi.Ga.Zr/c2*1-2-5-9-7-3-6-8(9)4-1;2*1-7(2,3)4(5)6;;/h2*1-7H;2*1-3H3,(H2,5,6);;/q2*-1;;;;+4/p-2. The minimum atomic E-state index is -1.71. The van der Waals surface area contributed by atoms with E-state index < -0.39 is 16.1 Å². The summed E-state index contributed by atoms with van der Waals surface area (Å²) >= 11 is 0. The number of carbonyl (C=O) groups excluding carboxylic acids is 2. The summed E-state index contributed by atoms with van der Waals surface area (Å²) in [5.74, 6) is 0. The monoisotopic (exact) mass is 621 g/mol. The number of benzene rings is 2. The second-order valence-electron chi connectivity index (χ2n) is 9.47. The molecule has 0 saturated heterocycles. The van der Waals surface area contributed by atoms with Gasteiger partial charge in [-0.25, -0.2) is 0 Å². The second kappa shape index (κ2) is 16.3. The minimum absolute atomic E-state index is 0. The van der Waals surface area contributed by atoms with E-state index in [9.17, 15) is 9.59 Å². The molecule has 4 aromatic carbocycles. The molecule has 8 heteroatoms. The number of hydrogen-bond acceptors (Lipinski definition) is 2. The van der Waals surface area contributed by atoms with Gasteiger partial charge in [0.1, 0.15) is 0 Å². The van der Waals surface area contributed by atoms with E-state index >= 15 is 0 Å². The minimum Gasteiger partial charge on any atom is -0.672 e. The van der Waals surface area contributed by atoms with Gasteiger partial charge in [-0.1, -0.05) is 51.4 Å². The fraction of sp³-hybridized carbons (Fsp3) is 0.231. The van der Waals surface area contributed by atoms with Crippen LogP contribution < -0.4 is 0 Å². The summed E-state index contributed by atoms with van der Waals surface area (Å²) in [5.41, 5.74) is 12.6. The number of nitrogens with one attached hydrogen (secondary N) is 2. The number of amides is 2. The maximum atomic E-state index is 10.2. The van der Waals surface area contributed by atoms with Crippen molar-refractivity contribution in [2.75, 3.05) is 0 Å². The predicted molar refractivity (Wildman–Crippen MR) is 151 cm³/mol. The molecule has 34 heavy (non-hydrogen) atoms. The zero-order valence-electron chi connectivity index (χ0n) is 21.0. The van der Waals surface area contributed by atoms with Gasteiger partial charge in [0.15, 0.2) is 0 Å². The Hall–Kier alpha value is -1.45. The molecular weight excluding hydrogens is 589 g/mol. The van der Waals surface area contributed by atoms with Crippen LogP contribution in [0, 0.1) is 0 Å². The van der Waals surface area contributed by atoms with E-state index in [4.69, 9.17) is 11.5 Å². The summed E-state index contributed by atoms with van der Waals surface area (Å²) in [6.45, 7) is 11.2. The van der Waals surface area contributed by atoms with Crippen LogP contribution in [-0.2, 0) is 26.2 Å². The largest absolute Gasteiger partial charge is 4.00 e. The molecule has 0 aromatic heterocycles. The topological polar surface area (TPSA) is 81.7 Å². The van der Waals surface area contributed by atoms with Gasteiger partial charge < -0.3 is 21.1 Å². The summed E-state index contributed by atoms with van der Waals surface area (Å²) in [5, 5.41) is 5.32. The van der Waals surface area contributed by atoms with Crippen LogP contribution in [0.15, 0.2) is 84.9 Å². The molecule has 0 aliphatic rings. The van der Waals surface area contributed by atoms with Crippen molar-refractivity contribution in [2.24, 2.45) is 0 Å². The Balaban J connectivity index is 0. The van der Waals surface area contributed by atoms with E-state index in [0.29, 0.717) is 0 Å². The van der Waals surface area contributed by atoms with E-state index in [0.717, 1.165) is 0 Å². The van der Waals surface area contributed by atoms with Gasteiger partial charge in [-0.3, -0.25) is 0 Å². The Kier molecular flexibility index (Phi) is 16.6. The summed E-state index contributed by atoms with van der Waals surface area (Å²) < 4.78 is 0. The van der Waals surface area contributed by atoms with Crippen LogP contribution in [-0.4, -0.2) is 47.0 Å². The summed E-state index contributed by atoms with van der Waals surface area (Å²) in [7, 11) is -3.41. The summed E-state index contributed by atoms with van der Waals surface area (Å²) in [6, 6.07) is 29.3. The van der Waals surface area contributed by atoms with Crippen molar-refractivity contribution in [3.05, 3.63) is 96.4 Å². The van der Waals surface area contributed by atoms with Crippen LogP contribution in [0.4, 0.5) is 9.59 Å². The number of fused-ring (bicyclic) bond motifs is 2. The maximum absolute atomic E-state index is 10.2. The van der Waals surface area contributed by atoms with Crippen molar-refractivity contribution in [3.8, 4) is 0 Å². The molecule has 0 aliphatic heterocycles. The molecule has 0 fully saturated rings. The molecule has 0 unspecified atom stereocenters. The van der Waals surface area contributed by atoms with Crippen molar-refractivity contribution in [2.45, 2.75) is 39.3 Å². The van der Waals surface area contributed by atoms with Crippen LogP contribution >= 0.6 is 0 Å². The summed E-state index contributed by atoms with van der Waals surface area (Å²) in [6.07, 6.45) is 0. The van der Waals surface area contributed by atoms with Gasteiger partial charge in [0.2, 0.25) is 0 Å². The quantitative estimate of drug-likeness (QED) is 0.165. The number of rotatable bonds is 2. The maximum Gasteiger partial charge on any atom is 4.00 e. The van der Waals surface area contributed by atoms with Gasteiger partial charge in [0, 0.05) is 30.9 Å². The van der Waals surface area contributed by atoms with Gasteiger partial charge in [0.05, 0.1) is 16.1 Å². The Morgan fingerprint density at radius 2 is 0.882 bits per heavy atom. The molecule has 175 valence electrons. The number of carbonyl (C=O) groups is 2. The molecule has 0 spiro atoms. The van der Waals surface area contributed by atoms with Crippen LogP contribution in [0.2, 0.25) is 39.3 Å². The second-order valence-corrected chi connectivity index (χ2v) is 19.4. The van der Waals surface area contributed by atoms with Gasteiger partial charge >= 0.3 is 26.2 Å². The molecular formula is C26H34GaN2O2Si2Zr. The molecule has 0 atom stereocenters. The first-order valence-corrected chi connectivity index (χ1v) is 17.6. The molecule has 2 amide bonds. The normalized spacial score (nSPS) is 10.1. The smallest absolute Gasteiger partial charge is 0.672 e. The molecule has 0 saturated carbocycles. The SMILES string of the molecule is C[Si](C)(C)C([NH-])=O.C[Si](C)(C)C([NH-])=O.[Ga].[Zr+4].c1ccc2[cH-]ccc2c1.c1ccc2[cH-]ccc2c1. The van der Waals surface area contributed by atoms with E-state index in [-0.39, 0.29) is 57.1 Å². The Morgan fingerprint density at radius 1 is 0.618 bits per heavy atom. The first-order chi connectivity index (χ1) is 14.8. The van der Waals surface area contributed by atoms with E-state index in [1.807, 2.05) is 39.3 Å². The molecule has 0 bridgehead atoms. The third-order valence-electron chi connectivity index (χ3n) is 4.46. The summed E-state index contributed by atoms with van der Waals surface area (Å²) in [4.78, 5) is 20.4. The van der Waals surface area contributed by atoms with Crippen LogP contribution in [0.5, 0.6) is 0 Å². The fourth-order valence-electron chi connectivity index (χ4n) is 2.14. The molecule has 2 N–H and O–H groups in total. The molecule has 4 rings (SSSR count). The molecule has 0 heterocycles. The Bertz CT molecular complexity index is 978. The molecule has 4 nitrogen and oxygen atoms in total. The van der Waals surface area contributed by atoms with Crippen molar-refractivity contribution in [1.82, 2.24) is 0 Å². The Labute approximate surface area is 238 Å². The van der Waals surface area contributed by atoms with Crippen molar-refractivity contribution in [1.29, 1.82) is 0 Å².